The largest absolute Gasteiger partial charge is 0.328 e. The summed E-state index contributed by atoms with van der Waals surface area (Å²) in [6, 6.07) is 3.79. The van der Waals surface area contributed by atoms with Gasteiger partial charge in [-0.3, -0.25) is 0 Å². The molecule has 1 atom stereocenters. The monoisotopic (exact) mass is 302 g/mol. The molecular formula is C13H22N2O2S2. The fourth-order valence-corrected chi connectivity index (χ4v) is 5.38. The Balaban J connectivity index is 2.09. The lowest BCUT2D eigenvalue weighted by Crippen LogP contribution is -2.42. The fourth-order valence-electron chi connectivity index (χ4n) is 2.46. The molecule has 6 heteroatoms. The third kappa shape index (κ3) is 3.18. The first-order valence-electron chi connectivity index (χ1n) is 6.79. The molecule has 1 saturated heterocycles. The van der Waals surface area contributed by atoms with Crippen molar-refractivity contribution < 1.29 is 8.42 Å². The third-order valence-corrected chi connectivity index (χ3v) is 7.42. The van der Waals surface area contributed by atoms with Crippen LogP contribution in [0.25, 0.3) is 0 Å². The van der Waals surface area contributed by atoms with Crippen molar-refractivity contribution in [3.63, 3.8) is 0 Å². The van der Waals surface area contributed by atoms with Crippen molar-refractivity contribution in [1.82, 2.24) is 4.31 Å². The van der Waals surface area contributed by atoms with Gasteiger partial charge in [0.25, 0.3) is 10.0 Å². The topological polar surface area (TPSA) is 63.4 Å². The van der Waals surface area contributed by atoms with Crippen LogP contribution in [0.5, 0.6) is 0 Å². The smallest absolute Gasteiger partial charge is 0.252 e. The molecule has 2 heterocycles. The first kappa shape index (κ1) is 15.0. The second-order valence-electron chi connectivity index (χ2n) is 5.17. The number of hydrogen-bond donors (Lipinski definition) is 1. The first-order chi connectivity index (χ1) is 8.95. The second kappa shape index (κ2) is 5.91. The molecule has 2 N–H and O–H groups in total. The lowest BCUT2D eigenvalue weighted by Gasteiger charge is -2.32. The molecule has 2 rings (SSSR count). The van der Waals surface area contributed by atoms with Gasteiger partial charge in [-0.25, -0.2) is 8.42 Å². The number of thiophene rings is 1. The normalized spacial score (nSPS) is 20.6. The summed E-state index contributed by atoms with van der Waals surface area (Å²) < 4.78 is 27.1. The van der Waals surface area contributed by atoms with Gasteiger partial charge >= 0.3 is 0 Å². The van der Waals surface area contributed by atoms with Crippen LogP contribution in [0.2, 0.25) is 0 Å². The highest BCUT2D eigenvalue weighted by Crippen LogP contribution is 2.29. The highest BCUT2D eigenvalue weighted by Gasteiger charge is 2.31. The Morgan fingerprint density at radius 3 is 2.53 bits per heavy atom. The Morgan fingerprint density at radius 1 is 1.42 bits per heavy atom. The van der Waals surface area contributed by atoms with Crippen LogP contribution in [0.15, 0.2) is 16.3 Å². The standard InChI is InChI=1S/C13H22N2O2S2/c1-3-12-4-5-13(18-12)19(16,17)15-8-6-11(7-9-15)10(2)14/h4-5,10-11H,3,6-9,14H2,1-2H3. The van der Waals surface area contributed by atoms with Crippen molar-refractivity contribution in [1.29, 1.82) is 0 Å². The summed E-state index contributed by atoms with van der Waals surface area (Å²) in [5.41, 5.74) is 5.89. The lowest BCUT2D eigenvalue weighted by atomic mass is 9.92. The van der Waals surface area contributed by atoms with Gasteiger partial charge in [0, 0.05) is 24.0 Å². The second-order valence-corrected chi connectivity index (χ2v) is 8.51. The minimum Gasteiger partial charge on any atom is -0.328 e. The maximum Gasteiger partial charge on any atom is 0.252 e. The van der Waals surface area contributed by atoms with Gasteiger partial charge in [0.1, 0.15) is 4.21 Å². The number of aryl methyl sites for hydroxylation is 1. The van der Waals surface area contributed by atoms with Gasteiger partial charge in [0.05, 0.1) is 0 Å². The van der Waals surface area contributed by atoms with E-state index in [1.54, 1.807) is 10.4 Å². The molecule has 0 amide bonds. The number of rotatable bonds is 4. The van der Waals surface area contributed by atoms with Crippen LogP contribution >= 0.6 is 11.3 Å². The maximum atomic E-state index is 12.5. The van der Waals surface area contributed by atoms with Crippen molar-refractivity contribution in [2.24, 2.45) is 11.7 Å². The molecule has 0 radical (unpaired) electrons. The number of piperidine rings is 1. The van der Waals surface area contributed by atoms with Crippen LogP contribution in [0.4, 0.5) is 0 Å². The summed E-state index contributed by atoms with van der Waals surface area (Å²) in [6.07, 6.45) is 2.61. The predicted octanol–water partition coefficient (Wildman–Crippen LogP) is 2.06. The van der Waals surface area contributed by atoms with Gasteiger partial charge in [-0.1, -0.05) is 6.92 Å². The van der Waals surface area contributed by atoms with E-state index < -0.39 is 10.0 Å². The van der Waals surface area contributed by atoms with E-state index in [1.165, 1.54) is 11.3 Å². The van der Waals surface area contributed by atoms with E-state index in [2.05, 4.69) is 0 Å². The van der Waals surface area contributed by atoms with Crippen LogP contribution in [0, 0.1) is 5.92 Å². The van der Waals surface area contributed by atoms with E-state index in [0.717, 1.165) is 24.1 Å². The van der Waals surface area contributed by atoms with Crippen molar-refractivity contribution in [3.8, 4) is 0 Å². The fraction of sp³-hybridized carbons (Fsp3) is 0.692. The molecule has 4 nitrogen and oxygen atoms in total. The zero-order valence-electron chi connectivity index (χ0n) is 11.5. The molecule has 1 aliphatic rings. The first-order valence-corrected chi connectivity index (χ1v) is 9.05. The number of nitrogens with zero attached hydrogens (tertiary/aromatic N) is 1. The number of nitrogens with two attached hydrogens (primary N) is 1. The van der Waals surface area contributed by atoms with Crippen LogP contribution in [-0.2, 0) is 16.4 Å². The summed E-state index contributed by atoms with van der Waals surface area (Å²) >= 11 is 1.39. The molecule has 0 aliphatic carbocycles. The predicted molar refractivity (Wildman–Crippen MR) is 78.8 cm³/mol. The zero-order valence-corrected chi connectivity index (χ0v) is 13.1. The zero-order chi connectivity index (χ0) is 14.0. The average Bonchev–Trinajstić information content (AvgIpc) is 2.88. The molecule has 0 bridgehead atoms. The average molecular weight is 302 g/mol. The van der Waals surface area contributed by atoms with Crippen molar-refractivity contribution in [3.05, 3.63) is 17.0 Å². The Hall–Kier alpha value is -0.430. The summed E-state index contributed by atoms with van der Waals surface area (Å²) in [5.74, 6) is 0.445. The summed E-state index contributed by atoms with van der Waals surface area (Å²) in [7, 11) is -3.29. The van der Waals surface area contributed by atoms with E-state index in [-0.39, 0.29) is 6.04 Å². The van der Waals surface area contributed by atoms with Gasteiger partial charge < -0.3 is 5.73 Å². The Bertz CT molecular complexity index is 515. The lowest BCUT2D eigenvalue weighted by molar-refractivity contribution is 0.251. The summed E-state index contributed by atoms with van der Waals surface area (Å²) in [4.78, 5) is 1.11. The Morgan fingerprint density at radius 2 is 2.05 bits per heavy atom. The van der Waals surface area contributed by atoms with Gasteiger partial charge in [0.15, 0.2) is 0 Å². The Labute approximate surface area is 119 Å². The molecule has 1 aromatic rings. The van der Waals surface area contributed by atoms with E-state index in [9.17, 15) is 8.42 Å². The molecule has 1 fully saturated rings. The molecule has 0 aromatic carbocycles. The molecule has 1 aliphatic heterocycles. The van der Waals surface area contributed by atoms with Gasteiger partial charge in [0.2, 0.25) is 0 Å². The van der Waals surface area contributed by atoms with Crippen LogP contribution < -0.4 is 5.73 Å². The molecule has 1 unspecified atom stereocenters. The minimum absolute atomic E-state index is 0.151. The summed E-state index contributed by atoms with van der Waals surface area (Å²) in [5, 5.41) is 0. The van der Waals surface area contributed by atoms with Gasteiger partial charge in [-0.2, -0.15) is 4.31 Å². The SMILES string of the molecule is CCc1ccc(S(=O)(=O)N2CCC(C(C)N)CC2)s1. The van der Waals surface area contributed by atoms with Crippen LogP contribution in [0.3, 0.4) is 0 Å². The van der Waals surface area contributed by atoms with E-state index in [0.29, 0.717) is 23.2 Å². The van der Waals surface area contributed by atoms with Crippen LogP contribution in [0.1, 0.15) is 31.6 Å². The maximum absolute atomic E-state index is 12.5. The van der Waals surface area contributed by atoms with Crippen molar-refractivity contribution in [2.45, 2.75) is 43.4 Å². The molecule has 19 heavy (non-hydrogen) atoms. The molecule has 1 aromatic heterocycles. The highest BCUT2D eigenvalue weighted by atomic mass is 32.2. The third-order valence-electron chi connectivity index (χ3n) is 3.82. The van der Waals surface area contributed by atoms with Crippen LogP contribution in [-0.4, -0.2) is 31.9 Å². The molecular weight excluding hydrogens is 280 g/mol. The van der Waals surface area contributed by atoms with Crippen molar-refractivity contribution in [2.75, 3.05) is 13.1 Å². The Kier molecular flexibility index (Phi) is 4.66. The van der Waals surface area contributed by atoms with Crippen molar-refractivity contribution >= 4 is 21.4 Å². The van der Waals surface area contributed by atoms with E-state index in [1.807, 2.05) is 19.9 Å². The molecule has 0 saturated carbocycles. The molecule has 108 valence electrons. The van der Waals surface area contributed by atoms with Gasteiger partial charge in [-0.15, -0.1) is 11.3 Å². The molecule has 0 spiro atoms. The van der Waals surface area contributed by atoms with E-state index >= 15 is 0 Å². The number of hydrogen-bond acceptors (Lipinski definition) is 4. The van der Waals surface area contributed by atoms with E-state index in [4.69, 9.17) is 5.73 Å². The number of sulfonamides is 1. The highest BCUT2D eigenvalue weighted by molar-refractivity contribution is 7.91. The van der Waals surface area contributed by atoms with Gasteiger partial charge in [-0.05, 0) is 44.2 Å². The quantitative estimate of drug-likeness (QED) is 0.926. The minimum atomic E-state index is -3.29. The summed E-state index contributed by atoms with van der Waals surface area (Å²) in [6.45, 7) is 5.22.